The van der Waals surface area contributed by atoms with E-state index in [1.807, 2.05) is 41.1 Å². The number of aromatic hydroxyl groups is 1. The number of H-pyrrole nitrogens is 1. The molecule has 3 aromatic heterocycles. The first-order valence-corrected chi connectivity index (χ1v) is 13.3. The van der Waals surface area contributed by atoms with Crippen molar-refractivity contribution in [2.24, 2.45) is 0 Å². The molecule has 5 aromatic rings. The molecule has 0 radical (unpaired) electrons. The van der Waals surface area contributed by atoms with Crippen molar-refractivity contribution in [1.82, 2.24) is 44.7 Å². The molecule has 206 valence electrons. The second-order valence-corrected chi connectivity index (χ2v) is 10.1. The second kappa shape index (κ2) is 10.9. The van der Waals surface area contributed by atoms with Gasteiger partial charge in [0.2, 0.25) is 5.82 Å². The number of aromatic amines is 1. The molecule has 0 atom stereocenters. The van der Waals surface area contributed by atoms with Crippen LogP contribution in [0.3, 0.4) is 0 Å². The molecule has 0 saturated carbocycles. The lowest BCUT2D eigenvalue weighted by Gasteiger charge is -2.26. The van der Waals surface area contributed by atoms with Gasteiger partial charge in [-0.15, -0.1) is 10.2 Å². The number of morpholine rings is 1. The molecule has 1 amide bonds. The quantitative estimate of drug-likeness (QED) is 0.273. The van der Waals surface area contributed by atoms with E-state index in [-0.39, 0.29) is 23.4 Å². The smallest absolute Gasteiger partial charge is 0.289 e. The van der Waals surface area contributed by atoms with Gasteiger partial charge in [-0.25, -0.2) is 4.98 Å². The number of phenolic OH excluding ortho intramolecular Hbond substituents is 1. The minimum atomic E-state index is -0.350. The lowest BCUT2D eigenvalue weighted by molar-refractivity contribution is 0.0383. The number of hydrogen-bond donors (Lipinski definition) is 3. The van der Waals surface area contributed by atoms with Crippen molar-refractivity contribution in [3.8, 4) is 28.5 Å². The predicted octanol–water partition coefficient (Wildman–Crippen LogP) is 2.89. The zero-order valence-corrected chi connectivity index (χ0v) is 22.4. The summed E-state index contributed by atoms with van der Waals surface area (Å²) in [5.74, 6) is 0.312. The van der Waals surface area contributed by atoms with Gasteiger partial charge >= 0.3 is 0 Å². The molecule has 3 N–H and O–H groups in total. The van der Waals surface area contributed by atoms with Crippen LogP contribution in [0.2, 0.25) is 0 Å². The van der Waals surface area contributed by atoms with Gasteiger partial charge in [-0.2, -0.15) is 5.10 Å². The van der Waals surface area contributed by atoms with Crippen LogP contribution in [0.4, 0.5) is 0 Å². The third-order valence-electron chi connectivity index (χ3n) is 7.09. The molecule has 0 spiro atoms. The highest BCUT2D eigenvalue weighted by Crippen LogP contribution is 2.36. The average molecular weight is 542 g/mol. The summed E-state index contributed by atoms with van der Waals surface area (Å²) in [6.07, 6.45) is 5.29. The highest BCUT2D eigenvalue weighted by molar-refractivity contribution is 5.93. The number of amides is 1. The molecule has 0 unspecified atom stereocenters. The van der Waals surface area contributed by atoms with Crippen molar-refractivity contribution in [2.45, 2.75) is 19.8 Å². The van der Waals surface area contributed by atoms with Gasteiger partial charge in [0, 0.05) is 61.4 Å². The Hall–Kier alpha value is -4.55. The van der Waals surface area contributed by atoms with Gasteiger partial charge in [0.15, 0.2) is 5.82 Å². The molecule has 1 saturated heterocycles. The van der Waals surface area contributed by atoms with Crippen LogP contribution in [0.25, 0.3) is 33.7 Å². The molecule has 0 aliphatic carbocycles. The second-order valence-electron chi connectivity index (χ2n) is 10.1. The number of carbonyl (C=O) groups excluding carboxylic acids is 1. The minimum absolute atomic E-state index is 0.00872. The number of aromatic nitrogens is 7. The van der Waals surface area contributed by atoms with Crippen LogP contribution < -0.4 is 5.32 Å². The van der Waals surface area contributed by atoms with Gasteiger partial charge in [-0.05, 0) is 36.2 Å². The molecule has 1 aliphatic heterocycles. The third kappa shape index (κ3) is 4.94. The number of rotatable bonds is 8. The van der Waals surface area contributed by atoms with E-state index in [1.165, 1.54) is 0 Å². The number of fused-ring (bicyclic) bond motifs is 1. The first-order chi connectivity index (χ1) is 19.5. The third-order valence-corrected chi connectivity index (χ3v) is 7.09. The summed E-state index contributed by atoms with van der Waals surface area (Å²) in [6, 6.07) is 11.1. The molecule has 4 heterocycles. The number of phenols is 1. The number of nitrogens with zero attached hydrogens (tertiary/aromatic N) is 7. The Labute approximate surface area is 230 Å². The monoisotopic (exact) mass is 541 g/mol. The van der Waals surface area contributed by atoms with Gasteiger partial charge in [-0.3, -0.25) is 19.4 Å². The fraction of sp³-hybridized carbons (Fsp3) is 0.321. The normalized spacial score (nSPS) is 14.3. The van der Waals surface area contributed by atoms with Gasteiger partial charge in [0.1, 0.15) is 5.75 Å². The molecular weight excluding hydrogens is 510 g/mol. The summed E-state index contributed by atoms with van der Waals surface area (Å²) in [6.45, 7) is 8.38. The van der Waals surface area contributed by atoms with Crippen molar-refractivity contribution in [2.75, 3.05) is 39.4 Å². The molecule has 0 bridgehead atoms. The summed E-state index contributed by atoms with van der Waals surface area (Å²) < 4.78 is 8.98. The number of benzene rings is 2. The van der Waals surface area contributed by atoms with Crippen LogP contribution in [0.5, 0.6) is 5.75 Å². The Morgan fingerprint density at radius 3 is 2.62 bits per heavy atom. The molecule has 1 fully saturated rings. The summed E-state index contributed by atoms with van der Waals surface area (Å²) in [4.78, 5) is 19.8. The SMILES string of the molecule is CC(C)c1n[nH]c2cc(O)c(-c3nnc(C(=O)NCCN4CCOCC4)n3-c3ccc(-n4ccnc4)cc3)cc12. The van der Waals surface area contributed by atoms with Crippen molar-refractivity contribution in [3.05, 3.63) is 66.6 Å². The number of nitrogens with one attached hydrogen (secondary N) is 2. The van der Waals surface area contributed by atoms with E-state index in [2.05, 4.69) is 49.4 Å². The number of ether oxygens (including phenoxy) is 1. The van der Waals surface area contributed by atoms with Crippen molar-refractivity contribution in [3.63, 3.8) is 0 Å². The van der Waals surface area contributed by atoms with Crippen LogP contribution in [0, 0.1) is 0 Å². The molecule has 6 rings (SSSR count). The van der Waals surface area contributed by atoms with E-state index in [0.29, 0.717) is 43.4 Å². The number of hydrogen-bond acceptors (Lipinski definition) is 8. The Morgan fingerprint density at radius 1 is 1.12 bits per heavy atom. The Morgan fingerprint density at radius 2 is 1.90 bits per heavy atom. The van der Waals surface area contributed by atoms with Gasteiger partial charge in [0.05, 0.1) is 36.3 Å². The van der Waals surface area contributed by atoms with Crippen molar-refractivity contribution < 1.29 is 14.6 Å². The van der Waals surface area contributed by atoms with Gasteiger partial charge in [0.25, 0.3) is 5.91 Å². The molecule has 12 heteroatoms. The zero-order valence-electron chi connectivity index (χ0n) is 22.4. The maximum atomic E-state index is 13.4. The van der Waals surface area contributed by atoms with Gasteiger partial charge < -0.3 is 19.7 Å². The summed E-state index contributed by atoms with van der Waals surface area (Å²) in [5.41, 5.74) is 3.65. The largest absolute Gasteiger partial charge is 0.507 e. The van der Waals surface area contributed by atoms with E-state index in [0.717, 1.165) is 35.4 Å². The first kappa shape index (κ1) is 25.7. The summed E-state index contributed by atoms with van der Waals surface area (Å²) in [5, 5.41) is 31.0. The van der Waals surface area contributed by atoms with Crippen LogP contribution in [0.1, 0.15) is 36.1 Å². The fourth-order valence-corrected chi connectivity index (χ4v) is 4.96. The summed E-state index contributed by atoms with van der Waals surface area (Å²) in [7, 11) is 0. The molecule has 2 aromatic carbocycles. The Kier molecular flexibility index (Phi) is 7.01. The molecule has 12 nitrogen and oxygen atoms in total. The Balaban J connectivity index is 1.38. The maximum Gasteiger partial charge on any atom is 0.289 e. The maximum absolute atomic E-state index is 13.4. The van der Waals surface area contributed by atoms with E-state index >= 15 is 0 Å². The van der Waals surface area contributed by atoms with Crippen molar-refractivity contribution in [1.29, 1.82) is 0 Å². The fourth-order valence-electron chi connectivity index (χ4n) is 4.96. The van der Waals surface area contributed by atoms with Crippen LogP contribution >= 0.6 is 0 Å². The van der Waals surface area contributed by atoms with Gasteiger partial charge in [-0.1, -0.05) is 13.8 Å². The standard InChI is InChI=1S/C28H31N9O3/c1-18(2)25-21-15-22(24(38)16-23(21)31-32-25)26-33-34-27(28(39)30-8-9-35-11-13-40-14-12-35)37(26)20-5-3-19(4-6-20)36-10-7-29-17-36/h3-7,10,15-18,38H,8-9,11-14H2,1-2H3,(H,30,39)(H,31,32). The topological polar surface area (TPSA) is 139 Å². The predicted molar refractivity (Wildman–Crippen MR) is 149 cm³/mol. The lowest BCUT2D eigenvalue weighted by atomic mass is 10.0. The van der Waals surface area contributed by atoms with E-state index < -0.39 is 0 Å². The van der Waals surface area contributed by atoms with Crippen molar-refractivity contribution >= 4 is 16.8 Å². The highest BCUT2D eigenvalue weighted by atomic mass is 16.5. The lowest BCUT2D eigenvalue weighted by Crippen LogP contribution is -2.41. The van der Waals surface area contributed by atoms with Crippen LogP contribution in [-0.2, 0) is 4.74 Å². The minimum Gasteiger partial charge on any atom is -0.507 e. The molecule has 1 aliphatic rings. The number of carbonyl (C=O) groups is 1. The number of imidazole rings is 1. The average Bonchev–Trinajstić information content (AvgIpc) is 3.73. The summed E-state index contributed by atoms with van der Waals surface area (Å²) >= 11 is 0. The van der Waals surface area contributed by atoms with E-state index in [4.69, 9.17) is 4.74 Å². The van der Waals surface area contributed by atoms with Crippen LogP contribution in [0.15, 0.2) is 55.1 Å². The molecular formula is C28H31N9O3. The van der Waals surface area contributed by atoms with Crippen LogP contribution in [-0.4, -0.2) is 89.8 Å². The van der Waals surface area contributed by atoms with E-state index in [9.17, 15) is 9.90 Å². The van der Waals surface area contributed by atoms with E-state index in [1.54, 1.807) is 23.2 Å². The molecule has 40 heavy (non-hydrogen) atoms. The zero-order chi connectivity index (χ0) is 27.6. The Bertz CT molecular complexity index is 1620. The highest BCUT2D eigenvalue weighted by Gasteiger charge is 2.24. The first-order valence-electron chi connectivity index (χ1n) is 13.3.